The molecule has 0 atom stereocenters. The van der Waals surface area contributed by atoms with E-state index in [0.717, 1.165) is 11.3 Å². The highest BCUT2D eigenvalue weighted by atomic mass is 16.5. The van der Waals surface area contributed by atoms with Gasteiger partial charge in [-0.3, -0.25) is 0 Å². The first-order chi connectivity index (χ1) is 8.72. The van der Waals surface area contributed by atoms with Gasteiger partial charge in [0.05, 0.1) is 7.11 Å². The molecule has 0 fully saturated rings. The van der Waals surface area contributed by atoms with Crippen LogP contribution in [0.2, 0.25) is 0 Å². The molecule has 18 heavy (non-hydrogen) atoms. The minimum atomic E-state index is 0.526. The highest BCUT2D eigenvalue weighted by Crippen LogP contribution is 2.26. The number of benzene rings is 1. The summed E-state index contributed by atoms with van der Waals surface area (Å²) < 4.78 is 10.9. The third kappa shape index (κ3) is 2.68. The average molecular weight is 245 g/mol. The first-order valence-electron chi connectivity index (χ1n) is 5.56. The number of hydrogen-bond donors (Lipinski definition) is 1. The van der Waals surface area contributed by atoms with E-state index < -0.39 is 0 Å². The molecule has 5 heteroatoms. The summed E-state index contributed by atoms with van der Waals surface area (Å²) in [5, 5.41) is 2.88. The van der Waals surface area contributed by atoms with E-state index >= 15 is 0 Å². The van der Waals surface area contributed by atoms with Gasteiger partial charge in [0.2, 0.25) is 11.8 Å². The number of ether oxygens (including phenoxy) is 2. The van der Waals surface area contributed by atoms with Crippen molar-refractivity contribution >= 4 is 5.95 Å². The molecule has 0 unspecified atom stereocenters. The normalized spacial score (nSPS) is 9.94. The molecule has 2 rings (SSSR count). The number of hydrogen-bond acceptors (Lipinski definition) is 5. The van der Waals surface area contributed by atoms with E-state index in [0.29, 0.717) is 17.6 Å². The van der Waals surface area contributed by atoms with Crippen LogP contribution in [0.15, 0.2) is 30.5 Å². The average Bonchev–Trinajstić information content (AvgIpc) is 2.41. The molecule has 5 nitrogen and oxygen atoms in total. The molecule has 0 saturated carbocycles. The van der Waals surface area contributed by atoms with E-state index in [4.69, 9.17) is 9.47 Å². The molecule has 0 aliphatic rings. The zero-order chi connectivity index (χ0) is 13.0. The van der Waals surface area contributed by atoms with Crippen LogP contribution in [0.25, 0.3) is 0 Å². The van der Waals surface area contributed by atoms with Crippen molar-refractivity contribution in [2.24, 2.45) is 0 Å². The van der Waals surface area contributed by atoms with E-state index in [1.807, 2.05) is 25.1 Å². The Morgan fingerprint density at radius 2 is 2.00 bits per heavy atom. The van der Waals surface area contributed by atoms with Gasteiger partial charge in [0, 0.05) is 24.9 Å². The predicted octanol–water partition coefficient (Wildman–Crippen LogP) is 2.63. The summed E-state index contributed by atoms with van der Waals surface area (Å²) in [6.45, 7) is 1.90. The van der Waals surface area contributed by atoms with Gasteiger partial charge in [-0.1, -0.05) is 6.07 Å². The Kier molecular flexibility index (Phi) is 3.62. The molecule has 0 amide bonds. The van der Waals surface area contributed by atoms with Crippen molar-refractivity contribution in [3.8, 4) is 17.4 Å². The number of aryl methyl sites for hydroxylation is 1. The van der Waals surface area contributed by atoms with Crippen molar-refractivity contribution in [3.63, 3.8) is 0 Å². The van der Waals surface area contributed by atoms with Crippen LogP contribution >= 0.6 is 0 Å². The lowest BCUT2D eigenvalue weighted by molar-refractivity contribution is 0.407. The second-order valence-electron chi connectivity index (χ2n) is 3.71. The summed E-state index contributed by atoms with van der Waals surface area (Å²) in [4.78, 5) is 8.36. The van der Waals surface area contributed by atoms with Crippen LogP contribution in [0.3, 0.4) is 0 Å². The molecule has 1 aromatic heterocycles. The first-order valence-corrected chi connectivity index (χ1v) is 5.56. The van der Waals surface area contributed by atoms with Crippen molar-refractivity contribution in [2.75, 3.05) is 19.5 Å². The van der Waals surface area contributed by atoms with Gasteiger partial charge < -0.3 is 14.8 Å². The molecule has 0 aliphatic carbocycles. The molecule has 0 spiro atoms. The molecular formula is C13H15N3O2. The van der Waals surface area contributed by atoms with Crippen molar-refractivity contribution in [3.05, 3.63) is 36.0 Å². The first kappa shape index (κ1) is 12.2. The van der Waals surface area contributed by atoms with Crippen LogP contribution < -0.4 is 14.8 Å². The molecular weight excluding hydrogens is 230 g/mol. The molecule has 0 bridgehead atoms. The van der Waals surface area contributed by atoms with Gasteiger partial charge in [0.25, 0.3) is 0 Å². The van der Waals surface area contributed by atoms with Gasteiger partial charge in [-0.15, -0.1) is 0 Å². The number of rotatable bonds is 4. The predicted molar refractivity (Wildman–Crippen MR) is 69.4 cm³/mol. The Morgan fingerprint density at radius 3 is 2.72 bits per heavy atom. The fraction of sp³-hybridized carbons (Fsp3) is 0.231. The van der Waals surface area contributed by atoms with Gasteiger partial charge in [-0.2, -0.15) is 4.98 Å². The van der Waals surface area contributed by atoms with Crippen LogP contribution in [0.4, 0.5) is 5.95 Å². The lowest BCUT2D eigenvalue weighted by atomic mass is 10.3. The fourth-order valence-corrected chi connectivity index (χ4v) is 1.43. The van der Waals surface area contributed by atoms with E-state index in [9.17, 15) is 0 Å². The molecule has 1 aromatic carbocycles. The Hall–Kier alpha value is -2.30. The Bertz CT molecular complexity index is 544. The molecule has 0 radical (unpaired) electrons. The zero-order valence-electron chi connectivity index (χ0n) is 10.6. The Labute approximate surface area is 106 Å². The summed E-state index contributed by atoms with van der Waals surface area (Å²) in [5.74, 6) is 2.48. The van der Waals surface area contributed by atoms with Crippen LogP contribution in [-0.2, 0) is 0 Å². The summed E-state index contributed by atoms with van der Waals surface area (Å²) >= 11 is 0. The number of nitrogens with zero attached hydrogens (tertiary/aromatic N) is 2. The van der Waals surface area contributed by atoms with Gasteiger partial charge in [0.15, 0.2) is 0 Å². The van der Waals surface area contributed by atoms with Crippen LogP contribution in [0, 0.1) is 6.92 Å². The lowest BCUT2D eigenvalue weighted by Crippen LogP contribution is -1.99. The Balaban J connectivity index is 2.27. The minimum Gasteiger partial charge on any atom is -0.497 e. The van der Waals surface area contributed by atoms with Gasteiger partial charge in [0.1, 0.15) is 11.5 Å². The van der Waals surface area contributed by atoms with Crippen molar-refractivity contribution < 1.29 is 9.47 Å². The maximum Gasteiger partial charge on any atom is 0.226 e. The maximum absolute atomic E-state index is 5.72. The summed E-state index contributed by atoms with van der Waals surface area (Å²) in [6.07, 6.45) is 1.72. The van der Waals surface area contributed by atoms with Gasteiger partial charge in [-0.05, 0) is 19.1 Å². The van der Waals surface area contributed by atoms with E-state index in [1.165, 1.54) is 0 Å². The van der Waals surface area contributed by atoms with Crippen LogP contribution in [0.1, 0.15) is 5.56 Å². The molecule has 2 aromatic rings. The van der Waals surface area contributed by atoms with Crippen LogP contribution in [-0.4, -0.2) is 24.1 Å². The summed E-state index contributed by atoms with van der Waals surface area (Å²) in [6, 6.07) is 7.38. The third-order valence-electron chi connectivity index (χ3n) is 2.40. The molecule has 0 saturated heterocycles. The standard InChI is InChI=1S/C13H15N3O2/c1-9-8-15-13(14-2)16-12(9)18-11-6-4-5-10(7-11)17-3/h4-8H,1-3H3,(H,14,15,16). The van der Waals surface area contributed by atoms with Crippen molar-refractivity contribution in [1.82, 2.24) is 9.97 Å². The molecule has 0 aliphatic heterocycles. The van der Waals surface area contributed by atoms with E-state index in [1.54, 1.807) is 26.4 Å². The monoisotopic (exact) mass is 245 g/mol. The number of nitrogens with one attached hydrogen (secondary N) is 1. The zero-order valence-corrected chi connectivity index (χ0v) is 10.6. The summed E-state index contributed by atoms with van der Waals surface area (Å²) in [5.41, 5.74) is 0.872. The van der Waals surface area contributed by atoms with Crippen molar-refractivity contribution in [1.29, 1.82) is 0 Å². The highest BCUT2D eigenvalue weighted by molar-refractivity contribution is 5.38. The molecule has 94 valence electrons. The van der Waals surface area contributed by atoms with E-state index in [-0.39, 0.29) is 0 Å². The number of anilines is 1. The highest BCUT2D eigenvalue weighted by Gasteiger charge is 2.06. The SMILES string of the molecule is CNc1ncc(C)c(Oc2cccc(OC)c2)n1. The van der Waals surface area contributed by atoms with Gasteiger partial charge >= 0.3 is 0 Å². The quantitative estimate of drug-likeness (QED) is 0.897. The fourth-order valence-electron chi connectivity index (χ4n) is 1.43. The second-order valence-corrected chi connectivity index (χ2v) is 3.71. The molecule has 1 heterocycles. The van der Waals surface area contributed by atoms with Crippen molar-refractivity contribution in [2.45, 2.75) is 6.92 Å². The lowest BCUT2D eigenvalue weighted by Gasteiger charge is -2.09. The second kappa shape index (κ2) is 5.35. The van der Waals surface area contributed by atoms with E-state index in [2.05, 4.69) is 15.3 Å². The van der Waals surface area contributed by atoms with Crippen LogP contribution in [0.5, 0.6) is 17.4 Å². The van der Waals surface area contributed by atoms with Gasteiger partial charge in [-0.25, -0.2) is 4.98 Å². The third-order valence-corrected chi connectivity index (χ3v) is 2.40. The largest absolute Gasteiger partial charge is 0.497 e. The smallest absolute Gasteiger partial charge is 0.226 e. The topological polar surface area (TPSA) is 56.3 Å². The molecule has 1 N–H and O–H groups in total. The maximum atomic E-state index is 5.72. The number of methoxy groups -OCH3 is 1. The minimum absolute atomic E-state index is 0.526. The summed E-state index contributed by atoms with van der Waals surface area (Å²) in [7, 11) is 3.38. The number of aromatic nitrogens is 2. The Morgan fingerprint density at radius 1 is 1.22 bits per heavy atom.